The first-order valence-corrected chi connectivity index (χ1v) is 8.76. The van der Waals surface area contributed by atoms with E-state index in [1.165, 1.54) is 4.31 Å². The van der Waals surface area contributed by atoms with Gasteiger partial charge >= 0.3 is 0 Å². The van der Waals surface area contributed by atoms with Crippen molar-refractivity contribution >= 4 is 10.0 Å². The first-order chi connectivity index (χ1) is 10.4. The van der Waals surface area contributed by atoms with Crippen molar-refractivity contribution in [2.24, 2.45) is 7.05 Å². The summed E-state index contributed by atoms with van der Waals surface area (Å²) in [6, 6.07) is 1.96. The fraction of sp³-hybridized carbons (Fsp3) is 0.571. The minimum atomic E-state index is -3.57. The molecule has 3 rings (SSSR count). The lowest BCUT2D eigenvalue weighted by Crippen LogP contribution is -2.39. The van der Waals surface area contributed by atoms with E-state index in [0.717, 1.165) is 18.5 Å². The Morgan fingerprint density at radius 1 is 1.36 bits per heavy atom. The Labute approximate surface area is 129 Å². The Morgan fingerprint density at radius 2 is 2.14 bits per heavy atom. The van der Waals surface area contributed by atoms with E-state index in [0.29, 0.717) is 24.5 Å². The SMILES string of the molecule is Cc1noc(C)c1S(=O)(=O)N1CCCC(c2ccn(C)n2)C1. The molecule has 1 aliphatic heterocycles. The van der Waals surface area contributed by atoms with Crippen LogP contribution in [0.2, 0.25) is 0 Å². The third kappa shape index (κ3) is 2.56. The second kappa shape index (κ2) is 5.51. The van der Waals surface area contributed by atoms with Crippen LogP contribution >= 0.6 is 0 Å². The van der Waals surface area contributed by atoms with E-state index in [2.05, 4.69) is 10.3 Å². The Morgan fingerprint density at radius 3 is 2.73 bits per heavy atom. The van der Waals surface area contributed by atoms with Gasteiger partial charge in [0.25, 0.3) is 0 Å². The molecule has 0 aliphatic carbocycles. The van der Waals surface area contributed by atoms with E-state index in [4.69, 9.17) is 4.52 Å². The van der Waals surface area contributed by atoms with Crippen LogP contribution in [-0.2, 0) is 17.1 Å². The third-order valence-corrected chi connectivity index (χ3v) is 6.21. The Bertz CT molecular complexity index is 758. The zero-order valence-electron chi connectivity index (χ0n) is 13.0. The van der Waals surface area contributed by atoms with Crippen molar-refractivity contribution in [2.45, 2.75) is 37.5 Å². The minimum absolute atomic E-state index is 0.130. The summed E-state index contributed by atoms with van der Waals surface area (Å²) in [5.41, 5.74) is 1.36. The molecular formula is C14H20N4O3S. The summed E-state index contributed by atoms with van der Waals surface area (Å²) in [7, 11) is -1.71. The number of hydrogen-bond acceptors (Lipinski definition) is 5. The van der Waals surface area contributed by atoms with Crippen molar-refractivity contribution in [3.8, 4) is 0 Å². The van der Waals surface area contributed by atoms with Crippen LogP contribution < -0.4 is 0 Å². The number of aromatic nitrogens is 3. The largest absolute Gasteiger partial charge is 0.360 e. The van der Waals surface area contributed by atoms with Gasteiger partial charge in [0.15, 0.2) is 5.76 Å². The normalized spacial score (nSPS) is 20.4. The van der Waals surface area contributed by atoms with Crippen LogP contribution in [0, 0.1) is 13.8 Å². The molecule has 0 N–H and O–H groups in total. The smallest absolute Gasteiger partial charge is 0.248 e. The molecule has 0 saturated carbocycles. The quantitative estimate of drug-likeness (QED) is 0.856. The molecule has 2 aromatic heterocycles. The maximum Gasteiger partial charge on any atom is 0.248 e. The lowest BCUT2D eigenvalue weighted by molar-refractivity contribution is 0.311. The van der Waals surface area contributed by atoms with Crippen molar-refractivity contribution in [1.82, 2.24) is 19.2 Å². The maximum atomic E-state index is 12.9. The van der Waals surface area contributed by atoms with E-state index in [1.54, 1.807) is 18.5 Å². The molecule has 1 aliphatic rings. The number of piperidine rings is 1. The highest BCUT2D eigenvalue weighted by Crippen LogP contribution is 2.31. The predicted octanol–water partition coefficient (Wildman–Crippen LogP) is 1.59. The van der Waals surface area contributed by atoms with E-state index in [-0.39, 0.29) is 10.8 Å². The zero-order valence-corrected chi connectivity index (χ0v) is 13.8. The molecule has 3 heterocycles. The minimum Gasteiger partial charge on any atom is -0.360 e. The Kier molecular flexibility index (Phi) is 3.82. The third-order valence-electron chi connectivity index (χ3n) is 4.10. The number of nitrogens with zero attached hydrogens (tertiary/aromatic N) is 4. The molecule has 7 nitrogen and oxygen atoms in total. The van der Waals surface area contributed by atoms with Crippen molar-refractivity contribution in [3.63, 3.8) is 0 Å². The highest BCUT2D eigenvalue weighted by molar-refractivity contribution is 7.89. The van der Waals surface area contributed by atoms with Gasteiger partial charge in [0.1, 0.15) is 10.6 Å². The van der Waals surface area contributed by atoms with Gasteiger partial charge in [0.2, 0.25) is 10.0 Å². The molecule has 2 aromatic rings. The van der Waals surface area contributed by atoms with Gasteiger partial charge in [0.05, 0.1) is 5.69 Å². The standard InChI is InChI=1S/C14H20N4O3S/c1-10-14(11(2)21-16-10)22(19,20)18-7-4-5-12(9-18)13-6-8-17(3)15-13/h6,8,12H,4-5,7,9H2,1-3H3. The van der Waals surface area contributed by atoms with Crippen LogP contribution in [0.15, 0.2) is 21.7 Å². The summed E-state index contributed by atoms with van der Waals surface area (Å²) in [5.74, 6) is 0.475. The zero-order chi connectivity index (χ0) is 15.9. The van der Waals surface area contributed by atoms with Gasteiger partial charge in [0, 0.05) is 32.3 Å². The highest BCUT2D eigenvalue weighted by atomic mass is 32.2. The first-order valence-electron chi connectivity index (χ1n) is 7.32. The summed E-state index contributed by atoms with van der Waals surface area (Å²) in [6.45, 7) is 4.26. The molecule has 0 bridgehead atoms. The molecule has 0 amide bonds. The van der Waals surface area contributed by atoms with Crippen LogP contribution in [0.25, 0.3) is 0 Å². The number of rotatable bonds is 3. The average molecular weight is 324 g/mol. The van der Waals surface area contributed by atoms with Crippen LogP contribution in [-0.4, -0.2) is 40.7 Å². The second-order valence-corrected chi connectivity index (χ2v) is 7.64. The average Bonchev–Trinajstić information content (AvgIpc) is 3.05. The number of aryl methyl sites for hydroxylation is 3. The molecule has 120 valence electrons. The van der Waals surface area contributed by atoms with Crippen molar-refractivity contribution in [3.05, 3.63) is 29.4 Å². The van der Waals surface area contributed by atoms with Gasteiger partial charge in [-0.05, 0) is 32.8 Å². The monoisotopic (exact) mass is 324 g/mol. The van der Waals surface area contributed by atoms with Gasteiger partial charge in [-0.25, -0.2) is 8.42 Å². The summed E-state index contributed by atoms with van der Waals surface area (Å²) < 4.78 is 34.0. The molecule has 1 atom stereocenters. The summed E-state index contributed by atoms with van der Waals surface area (Å²) in [6.07, 6.45) is 3.66. The van der Waals surface area contributed by atoms with Gasteiger partial charge in [-0.3, -0.25) is 4.68 Å². The van der Waals surface area contributed by atoms with E-state index >= 15 is 0 Å². The van der Waals surface area contributed by atoms with Crippen LogP contribution in [0.1, 0.15) is 35.9 Å². The van der Waals surface area contributed by atoms with Crippen molar-refractivity contribution in [1.29, 1.82) is 0 Å². The van der Waals surface area contributed by atoms with Crippen LogP contribution in [0.5, 0.6) is 0 Å². The molecule has 0 aromatic carbocycles. The summed E-state index contributed by atoms with van der Waals surface area (Å²) in [5, 5.41) is 8.17. The lowest BCUT2D eigenvalue weighted by Gasteiger charge is -2.31. The van der Waals surface area contributed by atoms with Gasteiger partial charge in [-0.15, -0.1) is 0 Å². The summed E-state index contributed by atoms with van der Waals surface area (Å²) >= 11 is 0. The molecule has 0 spiro atoms. The molecule has 8 heteroatoms. The van der Waals surface area contributed by atoms with Crippen molar-refractivity contribution in [2.75, 3.05) is 13.1 Å². The predicted molar refractivity (Wildman–Crippen MR) is 79.9 cm³/mol. The van der Waals surface area contributed by atoms with Gasteiger partial charge in [-0.1, -0.05) is 5.16 Å². The fourth-order valence-electron chi connectivity index (χ4n) is 3.02. The Hall–Kier alpha value is -1.67. The molecular weight excluding hydrogens is 304 g/mol. The Balaban J connectivity index is 1.88. The molecule has 22 heavy (non-hydrogen) atoms. The maximum absolute atomic E-state index is 12.9. The highest BCUT2D eigenvalue weighted by Gasteiger charge is 2.35. The topological polar surface area (TPSA) is 81.2 Å². The molecule has 1 saturated heterocycles. The fourth-order valence-corrected chi connectivity index (χ4v) is 4.84. The number of sulfonamides is 1. The van der Waals surface area contributed by atoms with Crippen LogP contribution in [0.3, 0.4) is 0 Å². The van der Waals surface area contributed by atoms with Crippen LogP contribution in [0.4, 0.5) is 0 Å². The molecule has 1 unspecified atom stereocenters. The second-order valence-electron chi connectivity index (χ2n) is 5.77. The summed E-state index contributed by atoms with van der Waals surface area (Å²) in [4.78, 5) is 0.203. The molecule has 0 radical (unpaired) electrons. The van der Waals surface area contributed by atoms with Gasteiger partial charge < -0.3 is 4.52 Å². The van der Waals surface area contributed by atoms with E-state index < -0.39 is 10.0 Å². The number of hydrogen-bond donors (Lipinski definition) is 0. The van der Waals surface area contributed by atoms with Gasteiger partial charge in [-0.2, -0.15) is 9.40 Å². The lowest BCUT2D eigenvalue weighted by atomic mass is 9.96. The first kappa shape index (κ1) is 15.2. The van der Waals surface area contributed by atoms with E-state index in [1.807, 2.05) is 19.3 Å². The molecule has 1 fully saturated rings. The van der Waals surface area contributed by atoms with E-state index in [9.17, 15) is 8.42 Å². The van der Waals surface area contributed by atoms with Crippen molar-refractivity contribution < 1.29 is 12.9 Å².